The summed E-state index contributed by atoms with van der Waals surface area (Å²) in [7, 11) is -3.24. The van der Waals surface area contributed by atoms with E-state index in [-0.39, 0.29) is 5.91 Å². The van der Waals surface area contributed by atoms with Crippen LogP contribution in [-0.4, -0.2) is 30.0 Å². The second-order valence-corrected chi connectivity index (χ2v) is 10.2. The molecule has 1 aliphatic rings. The number of carbonyl (C=O) groups excluding carboxylic acids is 1. The average Bonchev–Trinajstić information content (AvgIpc) is 3.09. The molecule has 0 unspecified atom stereocenters. The van der Waals surface area contributed by atoms with E-state index in [1.54, 1.807) is 12.1 Å². The fraction of sp³-hybridized carbons (Fsp3) is 0.200. The van der Waals surface area contributed by atoms with Crippen molar-refractivity contribution in [1.82, 2.24) is 9.38 Å². The Labute approximate surface area is 187 Å². The van der Waals surface area contributed by atoms with E-state index in [9.17, 15) is 13.2 Å². The predicted molar refractivity (Wildman–Crippen MR) is 124 cm³/mol. The zero-order chi connectivity index (χ0) is 22.5. The molecule has 6 nitrogen and oxygen atoms in total. The molecule has 0 atom stereocenters. The number of anilines is 1. The van der Waals surface area contributed by atoms with Crippen LogP contribution in [0, 0.1) is 6.92 Å². The Morgan fingerprint density at radius 3 is 2.41 bits per heavy atom. The van der Waals surface area contributed by atoms with E-state index in [1.807, 2.05) is 64.9 Å². The fourth-order valence-corrected chi connectivity index (χ4v) is 4.92. The molecule has 4 aromatic rings. The van der Waals surface area contributed by atoms with Crippen LogP contribution in [0.1, 0.15) is 23.4 Å². The monoisotopic (exact) mass is 445 g/mol. The Kier molecular flexibility index (Phi) is 4.86. The molecule has 3 heterocycles. The molecule has 0 N–H and O–H groups in total. The number of fused-ring (bicyclic) bond motifs is 2. The lowest BCUT2D eigenvalue weighted by Gasteiger charge is -2.29. The highest BCUT2D eigenvalue weighted by Gasteiger charge is 2.25. The molecule has 32 heavy (non-hydrogen) atoms. The van der Waals surface area contributed by atoms with Crippen LogP contribution in [0.4, 0.5) is 5.69 Å². The second-order valence-electron chi connectivity index (χ2n) is 8.20. The van der Waals surface area contributed by atoms with Gasteiger partial charge < -0.3 is 9.30 Å². The number of carbonyl (C=O) groups is 1. The third-order valence-corrected chi connectivity index (χ3v) is 7.16. The van der Waals surface area contributed by atoms with Crippen molar-refractivity contribution in [3.05, 3.63) is 83.8 Å². The largest absolute Gasteiger partial charge is 0.306 e. The van der Waals surface area contributed by atoms with Crippen LogP contribution < -0.4 is 4.90 Å². The summed E-state index contributed by atoms with van der Waals surface area (Å²) in [6.45, 7) is 2.41. The van der Waals surface area contributed by atoms with Gasteiger partial charge in [-0.05, 0) is 60.4 Å². The van der Waals surface area contributed by atoms with Gasteiger partial charge in [0.05, 0.1) is 22.8 Å². The van der Waals surface area contributed by atoms with Gasteiger partial charge in [-0.1, -0.05) is 30.3 Å². The average molecular weight is 446 g/mol. The number of para-hydroxylation sites is 1. The van der Waals surface area contributed by atoms with E-state index in [0.717, 1.165) is 40.3 Å². The standard InChI is InChI=1S/C25H23N3O3S/c1-17-23(16-28-22-6-4-3-5-19(22)10-14-25(28)29)27-15-20(9-13-24(27)26-17)18-7-11-21(12-8-18)32(2,30)31/h3-9,11-13,15H,10,14,16H2,1-2H3. The number of amides is 1. The van der Waals surface area contributed by atoms with Gasteiger partial charge in [0.2, 0.25) is 5.91 Å². The summed E-state index contributed by atoms with van der Waals surface area (Å²) >= 11 is 0. The third kappa shape index (κ3) is 3.58. The van der Waals surface area contributed by atoms with Crippen LogP contribution in [0.2, 0.25) is 0 Å². The minimum Gasteiger partial charge on any atom is -0.306 e. The van der Waals surface area contributed by atoms with E-state index in [4.69, 9.17) is 0 Å². The van der Waals surface area contributed by atoms with E-state index < -0.39 is 9.84 Å². The Hall–Kier alpha value is -3.45. The van der Waals surface area contributed by atoms with Gasteiger partial charge in [-0.25, -0.2) is 13.4 Å². The maximum absolute atomic E-state index is 12.8. The molecule has 162 valence electrons. The summed E-state index contributed by atoms with van der Waals surface area (Å²) in [6.07, 6.45) is 4.48. The predicted octanol–water partition coefficient (Wildman–Crippen LogP) is 4.19. The van der Waals surface area contributed by atoms with Gasteiger partial charge in [-0.3, -0.25) is 4.79 Å². The number of hydrogen-bond donors (Lipinski definition) is 0. The Bertz CT molecular complexity index is 1450. The first-order chi connectivity index (χ1) is 15.3. The normalized spacial score (nSPS) is 14.1. The number of imidazole rings is 1. The number of aryl methyl sites for hydroxylation is 2. The van der Waals surface area contributed by atoms with Crippen molar-refractivity contribution in [1.29, 1.82) is 0 Å². The van der Waals surface area contributed by atoms with Crippen molar-refractivity contribution >= 4 is 27.1 Å². The maximum Gasteiger partial charge on any atom is 0.227 e. The third-order valence-electron chi connectivity index (χ3n) is 6.03. The summed E-state index contributed by atoms with van der Waals surface area (Å²) in [5.41, 5.74) is 6.66. The topological polar surface area (TPSA) is 71.8 Å². The Morgan fingerprint density at radius 1 is 0.938 bits per heavy atom. The zero-order valence-corrected chi connectivity index (χ0v) is 18.8. The molecule has 0 saturated carbocycles. The van der Waals surface area contributed by atoms with Crippen molar-refractivity contribution in [2.45, 2.75) is 31.2 Å². The lowest BCUT2D eigenvalue weighted by atomic mass is 10.0. The fourth-order valence-electron chi connectivity index (χ4n) is 4.29. The quantitative estimate of drug-likeness (QED) is 0.472. The van der Waals surface area contributed by atoms with Crippen LogP contribution in [0.3, 0.4) is 0 Å². The van der Waals surface area contributed by atoms with Crippen molar-refractivity contribution in [3.8, 4) is 11.1 Å². The lowest BCUT2D eigenvalue weighted by Crippen LogP contribution is -2.35. The number of pyridine rings is 1. The highest BCUT2D eigenvalue weighted by molar-refractivity contribution is 7.90. The van der Waals surface area contributed by atoms with Gasteiger partial charge in [0, 0.05) is 24.6 Å². The van der Waals surface area contributed by atoms with Gasteiger partial charge in [0.15, 0.2) is 9.84 Å². The van der Waals surface area contributed by atoms with E-state index >= 15 is 0 Å². The number of aromatic nitrogens is 2. The lowest BCUT2D eigenvalue weighted by molar-refractivity contribution is -0.119. The van der Waals surface area contributed by atoms with E-state index in [0.29, 0.717) is 17.9 Å². The van der Waals surface area contributed by atoms with Gasteiger partial charge in [-0.15, -0.1) is 0 Å². The maximum atomic E-state index is 12.8. The van der Waals surface area contributed by atoms with Crippen LogP contribution >= 0.6 is 0 Å². The number of benzene rings is 2. The van der Waals surface area contributed by atoms with E-state index in [2.05, 4.69) is 11.1 Å². The minimum absolute atomic E-state index is 0.116. The molecule has 0 spiro atoms. The second kappa shape index (κ2) is 7.60. The number of hydrogen-bond acceptors (Lipinski definition) is 4. The molecule has 0 aliphatic carbocycles. The van der Waals surface area contributed by atoms with Gasteiger partial charge in [0.1, 0.15) is 5.65 Å². The summed E-state index contributed by atoms with van der Waals surface area (Å²) in [5.74, 6) is 0.116. The molecule has 7 heteroatoms. The smallest absolute Gasteiger partial charge is 0.227 e. The number of rotatable bonds is 4. The molecule has 5 rings (SSSR count). The first-order valence-corrected chi connectivity index (χ1v) is 12.4. The number of sulfone groups is 1. The zero-order valence-electron chi connectivity index (χ0n) is 17.9. The molecule has 0 bridgehead atoms. The summed E-state index contributed by atoms with van der Waals surface area (Å²) in [5, 5.41) is 0. The molecule has 0 radical (unpaired) electrons. The summed E-state index contributed by atoms with van der Waals surface area (Å²) < 4.78 is 25.6. The highest BCUT2D eigenvalue weighted by atomic mass is 32.2. The van der Waals surface area contributed by atoms with Crippen LogP contribution in [0.15, 0.2) is 71.8 Å². The van der Waals surface area contributed by atoms with E-state index in [1.165, 1.54) is 11.8 Å². The summed E-state index contributed by atoms with van der Waals surface area (Å²) in [4.78, 5) is 19.6. The molecular formula is C25H23N3O3S. The molecule has 0 saturated heterocycles. The van der Waals surface area contributed by atoms with Gasteiger partial charge in [0.25, 0.3) is 0 Å². The van der Waals surface area contributed by atoms with Crippen molar-refractivity contribution in [2.24, 2.45) is 0 Å². The van der Waals surface area contributed by atoms with Crippen molar-refractivity contribution in [3.63, 3.8) is 0 Å². The molecular weight excluding hydrogens is 422 g/mol. The minimum atomic E-state index is -3.24. The van der Waals surface area contributed by atoms with Crippen LogP contribution in [0.5, 0.6) is 0 Å². The van der Waals surface area contributed by atoms with Gasteiger partial charge >= 0.3 is 0 Å². The molecule has 1 amide bonds. The van der Waals surface area contributed by atoms with Crippen molar-refractivity contribution in [2.75, 3.05) is 11.2 Å². The van der Waals surface area contributed by atoms with Crippen LogP contribution in [-0.2, 0) is 27.6 Å². The number of nitrogens with zero attached hydrogens (tertiary/aromatic N) is 3. The highest BCUT2D eigenvalue weighted by Crippen LogP contribution is 2.30. The van der Waals surface area contributed by atoms with Crippen LogP contribution in [0.25, 0.3) is 16.8 Å². The molecule has 2 aromatic heterocycles. The molecule has 0 fully saturated rings. The summed E-state index contributed by atoms with van der Waals surface area (Å²) in [6, 6.07) is 18.8. The van der Waals surface area contributed by atoms with Gasteiger partial charge in [-0.2, -0.15) is 0 Å². The molecule has 2 aromatic carbocycles. The Balaban J connectivity index is 1.55. The first kappa shape index (κ1) is 20.5. The first-order valence-electron chi connectivity index (χ1n) is 10.5. The van der Waals surface area contributed by atoms with Crippen molar-refractivity contribution < 1.29 is 13.2 Å². The molecule has 1 aliphatic heterocycles. The Morgan fingerprint density at radius 2 is 1.66 bits per heavy atom. The SMILES string of the molecule is Cc1nc2ccc(-c3ccc(S(C)(=O)=O)cc3)cn2c1CN1C(=O)CCc2ccccc21.